The topological polar surface area (TPSA) is 52.9 Å². The molecule has 0 saturated carbocycles. The number of aryl methyl sites for hydroxylation is 2. The fourth-order valence-corrected chi connectivity index (χ4v) is 3.89. The minimum absolute atomic E-state index is 0.216. The van der Waals surface area contributed by atoms with Gasteiger partial charge >= 0.3 is 0 Å². The lowest BCUT2D eigenvalue weighted by Gasteiger charge is -2.19. The van der Waals surface area contributed by atoms with Crippen LogP contribution >= 0.6 is 0 Å². The molecule has 0 amide bonds. The highest BCUT2D eigenvalue weighted by Crippen LogP contribution is 2.28. The smallest absolute Gasteiger partial charge is 0.161 e. The number of ether oxygens (including phenoxy) is 1. The number of phenols is 2. The van der Waals surface area contributed by atoms with E-state index < -0.39 is 0 Å². The molecule has 0 fully saturated rings. The van der Waals surface area contributed by atoms with Crippen molar-refractivity contribution in [3.8, 4) is 17.2 Å². The molecule has 0 aliphatic heterocycles. The summed E-state index contributed by atoms with van der Waals surface area (Å²) >= 11 is 0. The molecule has 0 spiro atoms. The van der Waals surface area contributed by atoms with Gasteiger partial charge in [0.05, 0.1) is 6.61 Å². The Balaban J connectivity index is 0.00000227. The number of nitrogens with zero attached hydrogens (tertiary/aromatic N) is 1. The van der Waals surface area contributed by atoms with Gasteiger partial charge in [0, 0.05) is 0 Å². The van der Waals surface area contributed by atoms with Gasteiger partial charge in [-0.2, -0.15) is 0 Å². The van der Waals surface area contributed by atoms with E-state index in [0.29, 0.717) is 24.0 Å². The van der Waals surface area contributed by atoms with Crippen LogP contribution in [-0.4, -0.2) is 41.4 Å². The molecule has 2 rings (SSSR count). The molecular weight excluding hydrogens is 446 g/mol. The molecule has 206 valence electrons. The average Bonchev–Trinajstić information content (AvgIpc) is 2.87. The Morgan fingerprint density at radius 1 is 0.861 bits per heavy atom. The number of hydrogen-bond donors (Lipinski definition) is 2. The van der Waals surface area contributed by atoms with Crippen LogP contribution in [0.2, 0.25) is 0 Å². The van der Waals surface area contributed by atoms with E-state index in [1.807, 2.05) is 45.0 Å². The molecule has 0 aliphatic rings. The van der Waals surface area contributed by atoms with Crippen LogP contribution in [0, 0.1) is 12.8 Å². The second-order valence-corrected chi connectivity index (χ2v) is 9.47. The molecule has 36 heavy (non-hydrogen) atoms. The molecular formula is C32H55NO3. The minimum atomic E-state index is 0.216. The van der Waals surface area contributed by atoms with Gasteiger partial charge in [0.1, 0.15) is 5.75 Å². The van der Waals surface area contributed by atoms with Crippen LogP contribution in [-0.2, 0) is 12.8 Å². The van der Waals surface area contributed by atoms with Crippen molar-refractivity contribution in [2.24, 2.45) is 5.92 Å². The lowest BCUT2D eigenvalue weighted by molar-refractivity contribution is 0.254. The zero-order valence-electron chi connectivity index (χ0n) is 24.6. The van der Waals surface area contributed by atoms with E-state index in [0.717, 1.165) is 57.3 Å². The third-order valence-corrected chi connectivity index (χ3v) is 5.92. The maximum Gasteiger partial charge on any atom is 0.161 e. The monoisotopic (exact) mass is 501 g/mol. The van der Waals surface area contributed by atoms with Crippen molar-refractivity contribution in [3.63, 3.8) is 0 Å². The standard InChI is InChI=1S/C27H41NO3.C3H8.C2H6/c1-5-15-28(6-2)16-7-8-17-31-27-20-23(13-14-25(27)29)11-9-21(3)18-24-12-10-22(4)26(30)19-24;1-3-2;1-2/h10,12-14,19-21,29-30H,5-9,11,15-18H2,1-4H3;3H2,1-2H3;1-2H3. The van der Waals surface area contributed by atoms with Gasteiger partial charge in [-0.15, -0.1) is 0 Å². The molecule has 0 bridgehead atoms. The maximum absolute atomic E-state index is 10.2. The maximum atomic E-state index is 10.2. The lowest BCUT2D eigenvalue weighted by atomic mass is 9.94. The van der Waals surface area contributed by atoms with E-state index >= 15 is 0 Å². The number of phenolic OH excluding ortho intramolecular Hbond substituents is 2. The summed E-state index contributed by atoms with van der Waals surface area (Å²) in [5, 5.41) is 20.1. The molecule has 0 saturated heterocycles. The molecule has 1 unspecified atom stereocenters. The zero-order chi connectivity index (χ0) is 27.3. The van der Waals surface area contributed by atoms with E-state index in [2.05, 4.69) is 45.6 Å². The van der Waals surface area contributed by atoms with Crippen LogP contribution in [0.4, 0.5) is 0 Å². The first-order valence-electron chi connectivity index (χ1n) is 14.3. The summed E-state index contributed by atoms with van der Waals surface area (Å²) in [4.78, 5) is 2.47. The Bertz CT molecular complexity index is 806. The number of benzene rings is 2. The molecule has 0 aromatic heterocycles. The van der Waals surface area contributed by atoms with Gasteiger partial charge in [-0.25, -0.2) is 0 Å². The largest absolute Gasteiger partial charge is 0.508 e. The highest BCUT2D eigenvalue weighted by molar-refractivity contribution is 5.42. The van der Waals surface area contributed by atoms with E-state index in [-0.39, 0.29) is 5.75 Å². The van der Waals surface area contributed by atoms with Gasteiger partial charge in [0.15, 0.2) is 11.5 Å². The second-order valence-electron chi connectivity index (χ2n) is 9.47. The molecule has 4 nitrogen and oxygen atoms in total. The van der Waals surface area contributed by atoms with Gasteiger partial charge in [0.25, 0.3) is 0 Å². The molecule has 4 heteroatoms. The number of aromatic hydroxyl groups is 2. The van der Waals surface area contributed by atoms with Crippen LogP contribution in [0.3, 0.4) is 0 Å². The summed E-state index contributed by atoms with van der Waals surface area (Å²) in [7, 11) is 0. The van der Waals surface area contributed by atoms with Crippen LogP contribution in [0.15, 0.2) is 36.4 Å². The van der Waals surface area contributed by atoms with Crippen molar-refractivity contribution in [2.45, 2.75) is 100 Å². The van der Waals surface area contributed by atoms with Gasteiger partial charge in [-0.1, -0.05) is 73.1 Å². The Hall–Kier alpha value is -2.20. The fraction of sp³-hybridized carbons (Fsp3) is 0.625. The Morgan fingerprint density at radius 2 is 1.53 bits per heavy atom. The Kier molecular flexibility index (Phi) is 19.7. The van der Waals surface area contributed by atoms with Gasteiger partial charge in [-0.05, 0) is 106 Å². The highest BCUT2D eigenvalue weighted by atomic mass is 16.5. The third kappa shape index (κ3) is 14.4. The lowest BCUT2D eigenvalue weighted by Crippen LogP contribution is -2.25. The molecule has 0 aliphatic carbocycles. The summed E-state index contributed by atoms with van der Waals surface area (Å²) < 4.78 is 5.88. The Morgan fingerprint density at radius 3 is 2.14 bits per heavy atom. The molecule has 0 radical (unpaired) electrons. The summed E-state index contributed by atoms with van der Waals surface area (Å²) in [5.41, 5.74) is 3.27. The Labute approximate surface area is 222 Å². The zero-order valence-corrected chi connectivity index (χ0v) is 24.6. The highest BCUT2D eigenvalue weighted by Gasteiger charge is 2.09. The van der Waals surface area contributed by atoms with Gasteiger partial charge < -0.3 is 19.8 Å². The SMILES string of the molecule is CC.CCC.CCCN(CC)CCCCOc1cc(CCC(C)Cc2ccc(C)c(O)c2)ccc1O. The minimum Gasteiger partial charge on any atom is -0.508 e. The summed E-state index contributed by atoms with van der Waals surface area (Å²) in [6.07, 6.45) is 7.48. The van der Waals surface area contributed by atoms with Crippen molar-refractivity contribution in [1.82, 2.24) is 4.90 Å². The van der Waals surface area contributed by atoms with Crippen molar-refractivity contribution >= 4 is 0 Å². The summed E-state index contributed by atoms with van der Waals surface area (Å²) in [6.45, 7) is 20.8. The summed E-state index contributed by atoms with van der Waals surface area (Å²) in [6, 6.07) is 11.7. The molecule has 1 atom stereocenters. The van der Waals surface area contributed by atoms with Crippen molar-refractivity contribution in [3.05, 3.63) is 53.1 Å². The predicted octanol–water partition coefficient (Wildman–Crippen LogP) is 8.55. The molecule has 2 aromatic rings. The molecule has 2 N–H and O–H groups in total. The normalized spacial score (nSPS) is 11.2. The fourth-order valence-electron chi connectivity index (χ4n) is 3.89. The second kappa shape index (κ2) is 20.9. The summed E-state index contributed by atoms with van der Waals surface area (Å²) in [5.74, 6) is 1.69. The van der Waals surface area contributed by atoms with Gasteiger partial charge in [-0.3, -0.25) is 0 Å². The molecule has 2 aromatic carbocycles. The van der Waals surface area contributed by atoms with Crippen molar-refractivity contribution < 1.29 is 14.9 Å². The first-order chi connectivity index (χ1) is 17.3. The van der Waals surface area contributed by atoms with E-state index in [9.17, 15) is 10.2 Å². The first kappa shape index (κ1) is 33.8. The van der Waals surface area contributed by atoms with E-state index in [1.165, 1.54) is 24.0 Å². The van der Waals surface area contributed by atoms with Crippen molar-refractivity contribution in [1.29, 1.82) is 0 Å². The number of rotatable bonds is 14. The van der Waals surface area contributed by atoms with Crippen LogP contribution in [0.25, 0.3) is 0 Å². The van der Waals surface area contributed by atoms with Crippen LogP contribution in [0.5, 0.6) is 17.2 Å². The molecule has 0 heterocycles. The van der Waals surface area contributed by atoms with Crippen molar-refractivity contribution in [2.75, 3.05) is 26.2 Å². The van der Waals surface area contributed by atoms with Crippen LogP contribution < -0.4 is 4.74 Å². The predicted molar refractivity (Wildman–Crippen MR) is 157 cm³/mol. The van der Waals surface area contributed by atoms with E-state index in [1.54, 1.807) is 6.07 Å². The first-order valence-corrected chi connectivity index (χ1v) is 14.3. The average molecular weight is 502 g/mol. The van der Waals surface area contributed by atoms with Gasteiger partial charge in [0.2, 0.25) is 0 Å². The third-order valence-electron chi connectivity index (χ3n) is 5.92. The van der Waals surface area contributed by atoms with E-state index in [4.69, 9.17) is 4.74 Å². The number of unbranched alkanes of at least 4 members (excludes halogenated alkanes) is 1. The quantitative estimate of drug-likeness (QED) is 0.255. The van der Waals surface area contributed by atoms with Crippen LogP contribution in [0.1, 0.15) is 97.3 Å². The number of hydrogen-bond acceptors (Lipinski definition) is 4.